The second-order valence-electron chi connectivity index (χ2n) is 7.00. The van der Waals surface area contributed by atoms with E-state index >= 15 is 0 Å². The molecule has 0 radical (unpaired) electrons. The summed E-state index contributed by atoms with van der Waals surface area (Å²) >= 11 is 1.99. The number of aryl methyl sites for hydroxylation is 1. The average Bonchev–Trinajstić information content (AvgIpc) is 2.89. The van der Waals surface area contributed by atoms with Gasteiger partial charge in [0.15, 0.2) is 0 Å². The molecule has 3 aromatic carbocycles. The van der Waals surface area contributed by atoms with Crippen LogP contribution in [0.4, 0.5) is 5.69 Å². The van der Waals surface area contributed by atoms with Gasteiger partial charge in [0.25, 0.3) is 0 Å². The van der Waals surface area contributed by atoms with Crippen LogP contribution < -0.4 is 9.64 Å². The summed E-state index contributed by atoms with van der Waals surface area (Å²) in [6.07, 6.45) is 1.12. The fourth-order valence-corrected chi connectivity index (χ4v) is 5.13. The summed E-state index contributed by atoms with van der Waals surface area (Å²) in [7, 11) is 1.72. The normalized spacial score (nSPS) is 16.5. The first-order chi connectivity index (χ1) is 13.2. The number of thioether (sulfide) groups is 1. The molecule has 0 aromatic heterocycles. The van der Waals surface area contributed by atoms with Crippen molar-refractivity contribution in [2.45, 2.75) is 30.0 Å². The highest BCUT2D eigenvalue weighted by molar-refractivity contribution is 7.99. The van der Waals surface area contributed by atoms with Crippen molar-refractivity contribution in [3.63, 3.8) is 0 Å². The maximum absolute atomic E-state index is 5.32. The van der Waals surface area contributed by atoms with Crippen molar-refractivity contribution in [3.8, 4) is 5.75 Å². The fraction of sp³-hybridized carbons (Fsp3) is 0.250. The summed E-state index contributed by atoms with van der Waals surface area (Å²) in [4.78, 5) is 3.93. The van der Waals surface area contributed by atoms with Gasteiger partial charge in [0.2, 0.25) is 0 Å². The van der Waals surface area contributed by atoms with Gasteiger partial charge in [-0.15, -0.1) is 11.8 Å². The van der Waals surface area contributed by atoms with Crippen LogP contribution >= 0.6 is 11.8 Å². The van der Waals surface area contributed by atoms with E-state index in [2.05, 4.69) is 84.6 Å². The number of anilines is 1. The molecule has 0 bridgehead atoms. The number of rotatable bonds is 4. The van der Waals surface area contributed by atoms with Crippen molar-refractivity contribution in [2.75, 3.05) is 18.6 Å². The zero-order valence-electron chi connectivity index (χ0n) is 15.9. The number of benzene rings is 3. The molecule has 138 valence electrons. The Hall–Kier alpha value is -2.39. The molecule has 1 atom stereocenters. The first-order valence-electron chi connectivity index (χ1n) is 9.43. The summed E-state index contributed by atoms with van der Waals surface area (Å²) in [5, 5.41) is 0.456. The SMILES string of the molecule is COc1ccc([C@@H]2CCN(Cc3ccccc3)c3c(C)cccc3S2)cc1. The zero-order chi connectivity index (χ0) is 18.6. The molecule has 0 spiro atoms. The quantitative estimate of drug-likeness (QED) is 0.535. The minimum Gasteiger partial charge on any atom is -0.497 e. The summed E-state index contributed by atoms with van der Waals surface area (Å²) in [5.74, 6) is 0.916. The molecule has 0 saturated heterocycles. The lowest BCUT2D eigenvalue weighted by molar-refractivity contribution is 0.414. The van der Waals surface area contributed by atoms with E-state index < -0.39 is 0 Å². The average molecular weight is 376 g/mol. The third-order valence-corrected chi connectivity index (χ3v) is 6.53. The predicted octanol–water partition coefficient (Wildman–Crippen LogP) is 6.25. The van der Waals surface area contributed by atoms with E-state index in [1.807, 2.05) is 11.8 Å². The van der Waals surface area contributed by atoms with E-state index in [0.29, 0.717) is 5.25 Å². The number of methoxy groups -OCH3 is 1. The van der Waals surface area contributed by atoms with E-state index in [4.69, 9.17) is 4.74 Å². The molecule has 0 saturated carbocycles. The zero-order valence-corrected chi connectivity index (χ0v) is 16.7. The molecule has 1 aliphatic heterocycles. The topological polar surface area (TPSA) is 12.5 Å². The van der Waals surface area contributed by atoms with E-state index in [1.54, 1.807) is 7.11 Å². The highest BCUT2D eigenvalue weighted by Gasteiger charge is 2.24. The van der Waals surface area contributed by atoms with Crippen molar-refractivity contribution in [3.05, 3.63) is 89.5 Å². The Balaban J connectivity index is 1.65. The van der Waals surface area contributed by atoms with Crippen molar-refractivity contribution in [2.24, 2.45) is 0 Å². The summed E-state index contributed by atoms with van der Waals surface area (Å²) in [6.45, 7) is 4.23. The molecular weight excluding hydrogens is 350 g/mol. The van der Waals surface area contributed by atoms with Crippen LogP contribution in [0.3, 0.4) is 0 Å². The van der Waals surface area contributed by atoms with Gasteiger partial charge in [0.1, 0.15) is 5.75 Å². The molecule has 0 fully saturated rings. The summed E-state index contributed by atoms with van der Waals surface area (Å²) in [6, 6.07) is 26.0. The van der Waals surface area contributed by atoms with Crippen molar-refractivity contribution < 1.29 is 4.74 Å². The molecule has 0 amide bonds. The molecular formula is C24H25NOS. The van der Waals surface area contributed by atoms with Crippen LogP contribution in [0.15, 0.2) is 77.7 Å². The van der Waals surface area contributed by atoms with Crippen LogP contribution in [-0.2, 0) is 6.54 Å². The highest BCUT2D eigenvalue weighted by Crippen LogP contribution is 2.46. The van der Waals surface area contributed by atoms with Crippen LogP contribution in [0.1, 0.15) is 28.4 Å². The number of nitrogens with zero attached hydrogens (tertiary/aromatic N) is 1. The maximum Gasteiger partial charge on any atom is 0.118 e. The minimum absolute atomic E-state index is 0.456. The van der Waals surface area contributed by atoms with Crippen molar-refractivity contribution in [1.82, 2.24) is 0 Å². The number of fused-ring (bicyclic) bond motifs is 1. The molecule has 0 unspecified atom stereocenters. The van der Waals surface area contributed by atoms with E-state index in [-0.39, 0.29) is 0 Å². The van der Waals surface area contributed by atoms with Crippen LogP contribution in [0.2, 0.25) is 0 Å². The minimum atomic E-state index is 0.456. The van der Waals surface area contributed by atoms with Gasteiger partial charge in [0, 0.05) is 23.2 Å². The Morgan fingerprint density at radius 2 is 1.74 bits per heavy atom. The first kappa shape index (κ1) is 18.0. The Labute approximate surface area is 166 Å². The van der Waals surface area contributed by atoms with E-state index in [1.165, 1.54) is 27.3 Å². The largest absolute Gasteiger partial charge is 0.497 e. The van der Waals surface area contributed by atoms with E-state index in [0.717, 1.165) is 25.3 Å². The van der Waals surface area contributed by atoms with Crippen molar-refractivity contribution in [1.29, 1.82) is 0 Å². The standard InChI is InChI=1S/C24H25NOS/c1-18-7-6-10-23-24(18)25(17-19-8-4-3-5-9-19)16-15-22(27-23)20-11-13-21(26-2)14-12-20/h3-14,22H,15-17H2,1-2H3/t22-/m0/s1. The first-order valence-corrected chi connectivity index (χ1v) is 10.3. The summed E-state index contributed by atoms with van der Waals surface area (Å²) < 4.78 is 5.32. The fourth-order valence-electron chi connectivity index (χ4n) is 3.74. The van der Waals surface area contributed by atoms with Crippen LogP contribution in [-0.4, -0.2) is 13.7 Å². The third kappa shape index (κ3) is 3.98. The van der Waals surface area contributed by atoms with E-state index in [9.17, 15) is 0 Å². The molecule has 1 aliphatic rings. The predicted molar refractivity (Wildman–Crippen MR) is 115 cm³/mol. The monoisotopic (exact) mass is 375 g/mol. The molecule has 0 N–H and O–H groups in total. The molecule has 0 aliphatic carbocycles. The Morgan fingerprint density at radius 1 is 0.963 bits per heavy atom. The Bertz CT molecular complexity index is 892. The van der Waals surface area contributed by atoms with Crippen molar-refractivity contribution >= 4 is 17.4 Å². The second-order valence-corrected chi connectivity index (χ2v) is 8.24. The number of hydrogen-bond acceptors (Lipinski definition) is 3. The van der Waals surface area contributed by atoms with Gasteiger partial charge in [-0.25, -0.2) is 0 Å². The number of para-hydroxylation sites is 1. The van der Waals surface area contributed by atoms with Gasteiger partial charge >= 0.3 is 0 Å². The lowest BCUT2D eigenvalue weighted by Crippen LogP contribution is -2.24. The van der Waals surface area contributed by atoms with Gasteiger partial charge in [0.05, 0.1) is 12.8 Å². The number of hydrogen-bond donors (Lipinski definition) is 0. The van der Waals surface area contributed by atoms with Gasteiger partial charge in [-0.1, -0.05) is 54.6 Å². The lowest BCUT2D eigenvalue weighted by atomic mass is 10.1. The lowest BCUT2D eigenvalue weighted by Gasteiger charge is -2.26. The molecule has 27 heavy (non-hydrogen) atoms. The highest BCUT2D eigenvalue weighted by atomic mass is 32.2. The van der Waals surface area contributed by atoms with Gasteiger partial charge in [-0.2, -0.15) is 0 Å². The van der Waals surface area contributed by atoms with Crippen LogP contribution in [0.5, 0.6) is 5.75 Å². The second kappa shape index (κ2) is 8.10. The summed E-state index contributed by atoms with van der Waals surface area (Å²) in [5.41, 5.74) is 5.48. The molecule has 1 heterocycles. The molecule has 4 rings (SSSR count). The molecule has 2 nitrogen and oxygen atoms in total. The van der Waals surface area contributed by atoms with Crippen LogP contribution in [0.25, 0.3) is 0 Å². The molecule has 3 heteroatoms. The number of ether oxygens (including phenoxy) is 1. The maximum atomic E-state index is 5.32. The Kier molecular flexibility index (Phi) is 5.40. The third-order valence-electron chi connectivity index (χ3n) is 5.15. The van der Waals surface area contributed by atoms with Gasteiger partial charge in [-0.3, -0.25) is 0 Å². The smallest absolute Gasteiger partial charge is 0.118 e. The Morgan fingerprint density at radius 3 is 2.48 bits per heavy atom. The molecule has 3 aromatic rings. The van der Waals surface area contributed by atoms with Crippen LogP contribution in [0, 0.1) is 6.92 Å². The van der Waals surface area contributed by atoms with Gasteiger partial charge < -0.3 is 9.64 Å². The van der Waals surface area contributed by atoms with Gasteiger partial charge in [-0.05, 0) is 48.2 Å².